The Bertz CT molecular complexity index is 73.6. The normalized spacial score (nSPS) is 4.28. The third-order valence-electron chi connectivity index (χ3n) is 0. The molecule has 0 aliphatic heterocycles. The third-order valence-corrected chi connectivity index (χ3v) is 0. The van der Waals surface area contributed by atoms with E-state index in [2.05, 4.69) is 19.8 Å². The van der Waals surface area contributed by atoms with Gasteiger partial charge in [-0.05, 0) is 8.02 Å². The maximum absolute atomic E-state index is 6.32. The van der Waals surface area contributed by atoms with Gasteiger partial charge in [0.25, 0.3) is 0 Å². The molecule has 0 saturated heterocycles. The van der Waals surface area contributed by atoms with Crippen molar-refractivity contribution < 1.29 is 56.8 Å². The van der Waals surface area contributed by atoms with Crippen LogP contribution in [0.15, 0.2) is 0 Å². The molecule has 0 heterocycles. The van der Waals surface area contributed by atoms with E-state index in [1.54, 1.807) is 0 Å². The predicted molar refractivity (Wildman–Crippen MR) is 179 cm³/mol. The molecule has 25 heavy (non-hydrogen) atoms. The summed E-state index contributed by atoms with van der Waals surface area (Å²) in [6.45, 7) is 0. The molecule has 4 heteroatoms. The van der Waals surface area contributed by atoms with Crippen LogP contribution in [0, 0.1) is 0 Å². The topological polar surface area (TPSA) is 0 Å². The van der Waals surface area contributed by atoms with Crippen LogP contribution in [-0.4, -0.2) is 5.52 Å². The Labute approximate surface area is 231 Å². The third kappa shape index (κ3) is 9720. The fourth-order valence-electron chi connectivity index (χ4n) is 0. The molecule has 0 amide bonds. The average Bonchev–Trinajstić information content (AvgIpc) is 2.83. The van der Waals surface area contributed by atoms with Crippen molar-refractivity contribution in [2.75, 3.05) is 4.93 Å². The molecule has 0 nitrogen and oxygen atoms in total. The van der Waals surface area contributed by atoms with Crippen molar-refractivity contribution in [1.29, 1.82) is 0.594 Å². The summed E-state index contributed by atoms with van der Waals surface area (Å²) in [7, 11) is 2.56. The monoisotopic (exact) mass is 609 g/mol. The molecule has 0 N–H and O–H groups in total. The van der Waals surface area contributed by atoms with Gasteiger partial charge in [-0.25, -0.2) is 0 Å². The SMILES string of the molecule is C.C.C.C.C.C.C.C.C.C.C.C.C.C.C.C.C.C.C.C.P=S.[3H][3H].[3H][3H].[3H][3H].[3H][3H].[3H][3H].[3H][3H].[3H][3H].[3H][3H].[3H][3H].[3H][3H].[3H][I-]C.[F-]. The van der Waals surface area contributed by atoms with Crippen molar-refractivity contribution >= 4 is 19.8 Å². The quantitative estimate of drug-likeness (QED) is 0.150. The minimum atomic E-state index is -0.160. The van der Waals surface area contributed by atoms with E-state index in [1.807, 2.05) is 4.93 Å². The van der Waals surface area contributed by atoms with Gasteiger partial charge in [0.2, 0.25) is 0 Å². The summed E-state index contributed by atoms with van der Waals surface area (Å²) < 4.78 is 106. The first-order valence-corrected chi connectivity index (χ1v) is 4.37. The summed E-state index contributed by atoms with van der Waals surface area (Å²) in [5.41, 5.74) is 0. The van der Waals surface area contributed by atoms with Gasteiger partial charge in [-0.3, -0.25) is 0 Å². The standard InChI is InChI=1S/CH4I.20CH4.FH.HPS.10H2/c1-2;;;;;;;;;;;;;;;;;;;;;;1-2;;;;;;;;;;/h2H,1H3;20*1H4;1H;1H;10*1H/q-1;;;;;;;;;;;;;;;;;;;;;;;;;;;;;;;;/p-1/i2T;;;;;;;;;;;;;;;;;;;;;;;10*1+2T. The second kappa shape index (κ2) is 10600. The van der Waals surface area contributed by atoms with Crippen LogP contribution in [0.3, 0.4) is 0 Å². The van der Waals surface area contributed by atoms with Crippen LogP contribution in [0.25, 0.3) is 0 Å². The molecule has 0 aliphatic rings. The summed E-state index contributed by atoms with van der Waals surface area (Å²) >= 11 is 3.73. The number of halogens is 2. The molecule has 0 unspecified atom stereocenters. The molecular weight excluding hydrogens is 461 g/mol. The zero-order valence-corrected chi connectivity index (χ0v) is 6.64. The molecule has 0 fully saturated rings. The molecule has 0 rings (SSSR count). The second-order valence-corrected chi connectivity index (χ2v) is 0. The number of hydrogen-bond acceptors (Lipinski definition) is 1. The van der Waals surface area contributed by atoms with E-state index in [0.717, 1.165) is 0 Å². The van der Waals surface area contributed by atoms with Crippen molar-refractivity contribution in [3.63, 3.8) is 0 Å². The van der Waals surface area contributed by atoms with Crippen LogP contribution in [0.1, 0.15) is 178 Å². The van der Waals surface area contributed by atoms with E-state index >= 15 is 0 Å². The molecule has 216 valence electrons. The molecule has 0 aromatic rings. The molecule has 0 aromatic carbocycles. The summed E-state index contributed by atoms with van der Waals surface area (Å²) in [6.07, 6.45) is 0. The first-order chi connectivity index (χ1) is 12.4. The van der Waals surface area contributed by atoms with Crippen molar-refractivity contribution in [1.82, 2.24) is 0 Å². The molecule has 0 aliphatic carbocycles. The van der Waals surface area contributed by atoms with E-state index in [4.69, 9.17) is 30.3 Å². The Morgan fingerprint density at radius 2 is 0.520 bits per heavy atom. The van der Waals surface area contributed by atoms with Crippen LogP contribution in [0.2, 0.25) is 0 Å². The van der Waals surface area contributed by atoms with Gasteiger partial charge < -0.3 is 4.70 Å². The minimum Gasteiger partial charge on any atom is -1.00 e. The summed E-state index contributed by atoms with van der Waals surface area (Å²) in [6, 6.07) is 0. The number of hydrogen-bond donors (Lipinski definition) is 0. The fraction of sp³-hybridized carbons (Fsp3) is 1.00. The van der Waals surface area contributed by atoms with Crippen molar-refractivity contribution in [3.8, 4) is 0 Å². The van der Waals surface area contributed by atoms with E-state index in [-0.39, 0.29) is 176 Å². The van der Waals surface area contributed by atoms with Gasteiger partial charge in [-0.1, -0.05) is 160 Å². The largest absolute Gasteiger partial charge is 1.00 e. The maximum atomic E-state index is 6.32. The van der Waals surface area contributed by atoms with Gasteiger partial charge in [0, 0.05) is 29.7 Å². The van der Waals surface area contributed by atoms with Gasteiger partial charge in [0.05, 0.1) is 0 Å². The molecule has 0 radical (unpaired) electrons. The van der Waals surface area contributed by atoms with Crippen LogP contribution in [0.5, 0.6) is 0 Å². The van der Waals surface area contributed by atoms with Crippen LogP contribution in [0.4, 0.5) is 0 Å². The molecule has 0 spiro atoms. The summed E-state index contributed by atoms with van der Waals surface area (Å²) in [4.78, 5) is 1.90. The Kier molecular flexibility index (Phi) is 34900. The molecule has 0 bridgehead atoms. The Morgan fingerprint density at radius 3 is 0.520 bits per heavy atom. The first kappa shape index (κ1) is 82.6. The smallest absolute Gasteiger partial charge is 1.00 e. The number of rotatable bonds is 0. The van der Waals surface area contributed by atoms with E-state index in [0.29, 0.717) is 0 Å². The van der Waals surface area contributed by atoms with Crippen LogP contribution >= 0.6 is 8.02 Å². The Morgan fingerprint density at radius 1 is 0.520 bits per heavy atom. The fourth-order valence-corrected chi connectivity index (χ4v) is 0. The Hall–Kier alpha value is 1.18. The van der Waals surface area contributed by atoms with Crippen molar-refractivity contribution in [3.05, 3.63) is 0 Å². The zero-order valence-electron chi connectivity index (χ0n) is 23.7. The maximum Gasteiger partial charge on any atom is -1.00 e. The van der Waals surface area contributed by atoms with Crippen LogP contribution in [-0.2, 0) is 11.8 Å². The van der Waals surface area contributed by atoms with Gasteiger partial charge in [0.1, 0.15) is 0 Å². The molecule has 0 atom stereocenters. The molecule has 0 saturated carbocycles. The van der Waals surface area contributed by atoms with Gasteiger partial charge >= 0.3 is 27.9 Å². The van der Waals surface area contributed by atoms with E-state index in [1.165, 1.54) is 0 Å². The van der Waals surface area contributed by atoms with E-state index in [9.17, 15) is 0 Å². The summed E-state index contributed by atoms with van der Waals surface area (Å²) in [5.74, 6) is 0. The van der Waals surface area contributed by atoms with E-state index < -0.39 is 0 Å². The van der Waals surface area contributed by atoms with Gasteiger partial charge in [0.15, 0.2) is 0 Å². The first-order valence-electron chi connectivity index (χ1n) is 11.0. The molecule has 0 aromatic heterocycles. The molecular formula is C21H105FIPS-2. The Balaban J connectivity index is -0.00000000124. The summed E-state index contributed by atoms with van der Waals surface area (Å²) in [5, 5.41) is 0. The van der Waals surface area contributed by atoms with Gasteiger partial charge in [-0.2, -0.15) is 0 Å². The van der Waals surface area contributed by atoms with Crippen molar-refractivity contribution in [2.24, 2.45) is 0 Å². The second-order valence-electron chi connectivity index (χ2n) is 0. The zero-order chi connectivity index (χ0) is 24.7. The predicted octanol–water partition coefficient (Wildman–Crippen LogP) is 9.68. The van der Waals surface area contributed by atoms with Crippen molar-refractivity contribution in [2.45, 2.75) is 149 Å². The van der Waals surface area contributed by atoms with Gasteiger partial charge in [-0.15, -0.1) is 0 Å². The number of alkyl halides is 1. The average molecular weight is 609 g/mol. The van der Waals surface area contributed by atoms with Crippen LogP contribution < -0.4 is 27.1 Å². The minimum absolute atomic E-state index is 0.